The van der Waals surface area contributed by atoms with Crippen molar-refractivity contribution in [3.8, 4) is 0 Å². The van der Waals surface area contributed by atoms with Crippen LogP contribution in [0.4, 0.5) is 5.69 Å². The first-order valence-electron chi connectivity index (χ1n) is 6.51. The summed E-state index contributed by atoms with van der Waals surface area (Å²) < 4.78 is 0. The van der Waals surface area contributed by atoms with E-state index in [1.165, 1.54) is 42.5 Å². The second-order valence-electron chi connectivity index (χ2n) is 4.80. The van der Waals surface area contributed by atoms with Crippen LogP contribution in [0.1, 0.15) is 41.4 Å². The third-order valence-electron chi connectivity index (χ3n) is 3.52. The summed E-state index contributed by atoms with van der Waals surface area (Å²) in [5, 5.41) is 18.4. The number of imide groups is 1. The molecule has 1 aliphatic heterocycles. The number of nitrogens with zero attached hydrogens (tertiary/aromatic N) is 1. The largest absolute Gasteiger partial charge is 0.478 e. The zero-order valence-electron chi connectivity index (χ0n) is 11.5. The average molecular weight is 311 g/mol. The van der Waals surface area contributed by atoms with Gasteiger partial charge in [0.2, 0.25) is 0 Å². The second kappa shape index (κ2) is 5.06. The van der Waals surface area contributed by atoms with E-state index in [9.17, 15) is 29.4 Å². The molecule has 2 amide bonds. The van der Waals surface area contributed by atoms with Crippen LogP contribution in [0.5, 0.6) is 0 Å². The number of carbonyl (C=O) groups excluding carboxylic acids is 2. The fourth-order valence-corrected chi connectivity index (χ4v) is 2.53. The monoisotopic (exact) mass is 311 g/mol. The number of hydrogen-bond acceptors (Lipinski definition) is 4. The minimum atomic E-state index is -1.34. The van der Waals surface area contributed by atoms with Gasteiger partial charge >= 0.3 is 11.9 Å². The minimum Gasteiger partial charge on any atom is -0.478 e. The van der Waals surface area contributed by atoms with Crippen molar-refractivity contribution in [1.82, 2.24) is 0 Å². The summed E-state index contributed by atoms with van der Waals surface area (Å²) in [4.78, 5) is 48.3. The Morgan fingerprint density at radius 2 is 1.39 bits per heavy atom. The average Bonchev–Trinajstić information content (AvgIpc) is 2.78. The van der Waals surface area contributed by atoms with Crippen molar-refractivity contribution in [2.75, 3.05) is 4.90 Å². The molecular weight excluding hydrogens is 302 g/mol. The summed E-state index contributed by atoms with van der Waals surface area (Å²) in [6.07, 6.45) is 0. The van der Waals surface area contributed by atoms with Crippen molar-refractivity contribution in [3.63, 3.8) is 0 Å². The van der Waals surface area contributed by atoms with Gasteiger partial charge in [-0.05, 0) is 24.3 Å². The van der Waals surface area contributed by atoms with Crippen molar-refractivity contribution >= 4 is 29.4 Å². The molecule has 0 atom stereocenters. The number of anilines is 1. The van der Waals surface area contributed by atoms with Crippen molar-refractivity contribution in [2.45, 2.75) is 0 Å². The fraction of sp³-hybridized carbons (Fsp3) is 0. The van der Waals surface area contributed by atoms with Crippen LogP contribution in [0.2, 0.25) is 0 Å². The van der Waals surface area contributed by atoms with Crippen LogP contribution in [0.3, 0.4) is 0 Å². The normalized spacial score (nSPS) is 13.1. The van der Waals surface area contributed by atoms with E-state index in [1.54, 1.807) is 0 Å². The van der Waals surface area contributed by atoms with Gasteiger partial charge in [-0.1, -0.05) is 18.2 Å². The molecule has 0 spiro atoms. The van der Waals surface area contributed by atoms with Gasteiger partial charge in [0.15, 0.2) is 0 Å². The predicted molar refractivity (Wildman–Crippen MR) is 77.9 cm³/mol. The molecular formula is C16H9NO6. The molecule has 7 heteroatoms. The molecule has 7 nitrogen and oxygen atoms in total. The van der Waals surface area contributed by atoms with Gasteiger partial charge in [0.05, 0.1) is 27.9 Å². The maximum Gasteiger partial charge on any atom is 0.337 e. The molecule has 0 radical (unpaired) electrons. The van der Waals surface area contributed by atoms with E-state index in [0.717, 1.165) is 0 Å². The number of para-hydroxylation sites is 1. The topological polar surface area (TPSA) is 112 Å². The molecule has 0 fully saturated rings. The van der Waals surface area contributed by atoms with Crippen LogP contribution in [-0.2, 0) is 0 Å². The Morgan fingerprint density at radius 1 is 0.783 bits per heavy atom. The molecule has 114 valence electrons. The number of carboxylic acid groups (broad SMARTS) is 2. The van der Waals surface area contributed by atoms with Crippen molar-refractivity contribution in [3.05, 3.63) is 64.7 Å². The lowest BCUT2D eigenvalue weighted by molar-refractivity contribution is 0.0683. The van der Waals surface area contributed by atoms with Gasteiger partial charge < -0.3 is 10.2 Å². The highest BCUT2D eigenvalue weighted by atomic mass is 16.4. The highest BCUT2D eigenvalue weighted by molar-refractivity contribution is 6.37. The van der Waals surface area contributed by atoms with Crippen LogP contribution >= 0.6 is 0 Å². The van der Waals surface area contributed by atoms with Gasteiger partial charge in [0, 0.05) is 0 Å². The number of fused-ring (bicyclic) bond motifs is 1. The van der Waals surface area contributed by atoms with Gasteiger partial charge in [0.1, 0.15) is 0 Å². The van der Waals surface area contributed by atoms with Crippen LogP contribution in [0, 0.1) is 0 Å². The number of amides is 2. The Hall–Kier alpha value is -3.48. The van der Waals surface area contributed by atoms with Gasteiger partial charge in [-0.3, -0.25) is 9.59 Å². The number of aromatic carboxylic acids is 2. The predicted octanol–water partition coefficient (Wildman–Crippen LogP) is 1.88. The summed E-state index contributed by atoms with van der Waals surface area (Å²) in [5.41, 5.74) is -0.905. The number of rotatable bonds is 3. The maximum atomic E-state index is 12.6. The SMILES string of the molecule is O=C(O)c1ccccc1N1C(=O)c2cccc(C(=O)O)c2C1=O. The van der Waals surface area contributed by atoms with Gasteiger partial charge in [0.25, 0.3) is 11.8 Å². The summed E-state index contributed by atoms with van der Waals surface area (Å²) in [5.74, 6) is -4.23. The molecule has 0 aliphatic carbocycles. The first-order valence-corrected chi connectivity index (χ1v) is 6.51. The zero-order chi connectivity index (χ0) is 16.7. The Labute approximate surface area is 129 Å². The lowest BCUT2D eigenvalue weighted by atomic mass is 10.0. The van der Waals surface area contributed by atoms with Crippen LogP contribution in [0.15, 0.2) is 42.5 Å². The molecule has 3 rings (SSSR count). The smallest absolute Gasteiger partial charge is 0.337 e. The number of benzene rings is 2. The number of hydrogen-bond donors (Lipinski definition) is 2. The Bertz CT molecular complexity index is 886. The van der Waals surface area contributed by atoms with Gasteiger partial charge in [-0.2, -0.15) is 0 Å². The number of carbonyl (C=O) groups is 4. The maximum absolute atomic E-state index is 12.6. The van der Waals surface area contributed by atoms with E-state index in [2.05, 4.69) is 0 Å². The van der Waals surface area contributed by atoms with E-state index in [-0.39, 0.29) is 27.9 Å². The van der Waals surface area contributed by atoms with E-state index >= 15 is 0 Å². The zero-order valence-corrected chi connectivity index (χ0v) is 11.5. The quantitative estimate of drug-likeness (QED) is 0.837. The van der Waals surface area contributed by atoms with Crippen molar-refractivity contribution in [2.24, 2.45) is 0 Å². The molecule has 0 bridgehead atoms. The highest BCUT2D eigenvalue weighted by Gasteiger charge is 2.40. The van der Waals surface area contributed by atoms with Crippen LogP contribution in [0.25, 0.3) is 0 Å². The Kier molecular flexibility index (Phi) is 3.18. The van der Waals surface area contributed by atoms with Crippen molar-refractivity contribution in [1.29, 1.82) is 0 Å². The molecule has 1 heterocycles. The summed E-state index contributed by atoms with van der Waals surface area (Å²) in [7, 11) is 0. The lowest BCUT2D eigenvalue weighted by Crippen LogP contribution is -2.31. The Morgan fingerprint density at radius 3 is 2.04 bits per heavy atom. The molecule has 0 unspecified atom stereocenters. The molecule has 2 N–H and O–H groups in total. The lowest BCUT2D eigenvalue weighted by Gasteiger charge is -2.16. The molecule has 1 aliphatic rings. The standard InChI is InChI=1S/C16H9NO6/c18-13-9-5-3-6-10(16(22)23)12(9)14(19)17(13)11-7-2-1-4-8(11)15(20)21/h1-7H,(H,20,21)(H,22,23). The fourth-order valence-electron chi connectivity index (χ4n) is 2.53. The molecule has 2 aromatic carbocycles. The molecule has 0 aromatic heterocycles. The summed E-state index contributed by atoms with van der Waals surface area (Å²) in [6, 6.07) is 9.46. The van der Waals surface area contributed by atoms with Crippen molar-refractivity contribution < 1.29 is 29.4 Å². The third-order valence-corrected chi connectivity index (χ3v) is 3.52. The van der Waals surface area contributed by atoms with Gasteiger partial charge in [-0.25, -0.2) is 14.5 Å². The molecule has 0 saturated heterocycles. The molecule has 0 saturated carbocycles. The van der Waals surface area contributed by atoms with E-state index < -0.39 is 23.8 Å². The molecule has 2 aromatic rings. The first-order chi connectivity index (χ1) is 10.9. The third kappa shape index (κ3) is 2.06. The van der Waals surface area contributed by atoms with E-state index in [0.29, 0.717) is 4.90 Å². The van der Waals surface area contributed by atoms with Crippen LogP contribution in [-0.4, -0.2) is 34.0 Å². The van der Waals surface area contributed by atoms with Gasteiger partial charge in [-0.15, -0.1) is 0 Å². The van der Waals surface area contributed by atoms with E-state index in [4.69, 9.17) is 0 Å². The molecule has 23 heavy (non-hydrogen) atoms. The summed E-state index contributed by atoms with van der Waals surface area (Å²) >= 11 is 0. The first kappa shape index (κ1) is 14.5. The van der Waals surface area contributed by atoms with E-state index in [1.807, 2.05) is 0 Å². The number of carboxylic acids is 2. The highest BCUT2D eigenvalue weighted by Crippen LogP contribution is 2.32. The minimum absolute atomic E-state index is 0.0601. The Balaban J connectivity index is 2.21. The second-order valence-corrected chi connectivity index (χ2v) is 4.80. The summed E-state index contributed by atoms with van der Waals surface area (Å²) in [6.45, 7) is 0. The van der Waals surface area contributed by atoms with Crippen LogP contribution < -0.4 is 4.90 Å².